The zero-order valence-electron chi connectivity index (χ0n) is 22.8. The summed E-state index contributed by atoms with van der Waals surface area (Å²) in [4.78, 5) is 55.4. The molecule has 6 rings (SSSR count). The van der Waals surface area contributed by atoms with Crippen molar-refractivity contribution >= 4 is 73.8 Å². The van der Waals surface area contributed by atoms with E-state index in [-0.39, 0.29) is 11.4 Å². The van der Waals surface area contributed by atoms with E-state index in [1.54, 1.807) is 48.5 Å². The average Bonchev–Trinajstić information content (AvgIpc) is 3.43. The maximum atomic E-state index is 14.0. The predicted molar refractivity (Wildman–Crippen MR) is 167 cm³/mol. The highest BCUT2D eigenvalue weighted by atomic mass is 35.5. The molecule has 3 atom stereocenters. The summed E-state index contributed by atoms with van der Waals surface area (Å²) in [5, 5.41) is 7.82. The molecular weight excluding hydrogens is 648 g/mol. The van der Waals surface area contributed by atoms with Crippen molar-refractivity contribution in [1.29, 1.82) is 0 Å². The number of nitrogens with two attached hydrogens (primary N) is 1. The Kier molecular flexibility index (Phi) is 7.88. The molecule has 3 aromatic carbocycles. The van der Waals surface area contributed by atoms with Crippen LogP contribution < -0.4 is 25.0 Å². The van der Waals surface area contributed by atoms with Crippen LogP contribution in [-0.2, 0) is 31.0 Å². The molecule has 1 saturated heterocycles. The topological polar surface area (TPSA) is 158 Å². The number of fused-ring (bicyclic) bond motifs is 2. The minimum atomic E-state index is -3.90. The maximum absolute atomic E-state index is 14.0. The van der Waals surface area contributed by atoms with Crippen molar-refractivity contribution in [2.45, 2.75) is 27.6 Å². The van der Waals surface area contributed by atoms with Crippen LogP contribution in [0.4, 0.5) is 11.4 Å². The number of thiazole rings is 1. The molecule has 0 bridgehead atoms. The van der Waals surface area contributed by atoms with Crippen molar-refractivity contribution < 1.29 is 27.5 Å². The first kappa shape index (κ1) is 30.1. The van der Waals surface area contributed by atoms with Crippen LogP contribution in [0.1, 0.15) is 16.4 Å². The van der Waals surface area contributed by atoms with Crippen molar-refractivity contribution in [1.82, 2.24) is 4.57 Å². The lowest BCUT2D eigenvalue weighted by Gasteiger charge is -2.30. The van der Waals surface area contributed by atoms with Gasteiger partial charge in [0.2, 0.25) is 27.7 Å². The number of nitrogens with zero attached hydrogens (tertiary/aromatic N) is 2. The van der Waals surface area contributed by atoms with Crippen LogP contribution in [0.15, 0.2) is 87.5 Å². The molecule has 2 aliphatic rings. The van der Waals surface area contributed by atoms with Crippen LogP contribution in [0.25, 0.3) is 0 Å². The number of rotatable bonds is 7. The van der Waals surface area contributed by atoms with Crippen molar-refractivity contribution in [3.05, 3.63) is 97.9 Å². The quantitative estimate of drug-likeness (QED) is 0.282. The zero-order chi connectivity index (χ0) is 31.3. The van der Waals surface area contributed by atoms with Gasteiger partial charge in [-0.3, -0.25) is 23.7 Å². The van der Waals surface area contributed by atoms with Crippen molar-refractivity contribution in [2.75, 3.05) is 17.3 Å². The molecule has 0 aliphatic carbocycles. The summed E-state index contributed by atoms with van der Waals surface area (Å²) in [6.07, 6.45) is 0. The van der Waals surface area contributed by atoms with Gasteiger partial charge in [0, 0.05) is 21.5 Å². The summed E-state index contributed by atoms with van der Waals surface area (Å²) in [6, 6.07) is 18.8. The average molecular weight is 671 g/mol. The van der Waals surface area contributed by atoms with Gasteiger partial charge < -0.3 is 10.1 Å². The van der Waals surface area contributed by atoms with E-state index in [1.165, 1.54) is 35.9 Å². The molecule has 2 aliphatic heterocycles. The van der Waals surface area contributed by atoms with Gasteiger partial charge in [0.05, 0.1) is 28.6 Å². The molecule has 0 radical (unpaired) electrons. The third-order valence-electron chi connectivity index (χ3n) is 7.38. The van der Waals surface area contributed by atoms with E-state index in [0.717, 1.165) is 28.0 Å². The number of carbonyl (C=O) groups is 3. The smallest absolute Gasteiger partial charge is 0.308 e. The first-order valence-corrected chi connectivity index (χ1v) is 16.7. The molecule has 44 heavy (non-hydrogen) atoms. The van der Waals surface area contributed by atoms with Crippen molar-refractivity contribution in [2.24, 2.45) is 11.1 Å². The number of hydrogen-bond acceptors (Lipinski definition) is 9. The second-order valence-corrected chi connectivity index (χ2v) is 14.2. The highest BCUT2D eigenvalue weighted by Gasteiger charge is 2.56. The van der Waals surface area contributed by atoms with Gasteiger partial charge in [-0.15, -0.1) is 0 Å². The summed E-state index contributed by atoms with van der Waals surface area (Å²) in [5.74, 6) is -2.20. The summed E-state index contributed by atoms with van der Waals surface area (Å²) in [6.45, 7) is -0.371. The molecule has 15 heteroatoms. The summed E-state index contributed by atoms with van der Waals surface area (Å²) in [5.41, 5.74) is 1.41. The van der Waals surface area contributed by atoms with Gasteiger partial charge in [0.15, 0.2) is 0 Å². The SMILES string of the molecule is COc1ccc([C@@H]2c3sc(=O)n(CC(=O)Nc4ccc(S(N)(=O)=O)cc4)c3S[C@@H]3C(=O)N(c4ccc(Cl)cc4)C(=O)[C@H]23)cc1. The van der Waals surface area contributed by atoms with Crippen LogP contribution in [-0.4, -0.2) is 43.1 Å². The Morgan fingerprint density at radius 1 is 0.977 bits per heavy atom. The minimum absolute atomic E-state index is 0.113. The molecular formula is C29H23ClN4O7S3. The van der Waals surface area contributed by atoms with Crippen LogP contribution in [0.2, 0.25) is 5.02 Å². The molecule has 0 saturated carbocycles. The minimum Gasteiger partial charge on any atom is -0.497 e. The van der Waals surface area contributed by atoms with E-state index < -0.39 is 49.7 Å². The number of methoxy groups -OCH3 is 1. The number of primary sulfonamides is 1. The Morgan fingerprint density at radius 3 is 2.25 bits per heavy atom. The number of sulfonamides is 1. The van der Waals surface area contributed by atoms with Gasteiger partial charge in [-0.1, -0.05) is 46.8 Å². The van der Waals surface area contributed by atoms with Crippen LogP contribution in [0.3, 0.4) is 0 Å². The Labute approximate surface area is 264 Å². The highest BCUT2D eigenvalue weighted by molar-refractivity contribution is 8.00. The largest absolute Gasteiger partial charge is 0.497 e. The number of nitrogens with one attached hydrogen (secondary N) is 1. The van der Waals surface area contributed by atoms with E-state index in [1.807, 2.05) is 0 Å². The summed E-state index contributed by atoms with van der Waals surface area (Å²) in [7, 11) is -2.37. The molecule has 1 fully saturated rings. The monoisotopic (exact) mass is 670 g/mol. The third kappa shape index (κ3) is 5.43. The fraction of sp³-hybridized carbons (Fsp3) is 0.172. The fourth-order valence-corrected chi connectivity index (χ4v) is 8.76. The lowest BCUT2D eigenvalue weighted by molar-refractivity contribution is -0.122. The van der Waals surface area contributed by atoms with Crippen LogP contribution in [0.5, 0.6) is 5.75 Å². The predicted octanol–water partition coefficient (Wildman–Crippen LogP) is 3.65. The summed E-state index contributed by atoms with van der Waals surface area (Å²) >= 11 is 8.07. The van der Waals surface area contributed by atoms with E-state index in [9.17, 15) is 27.6 Å². The molecule has 4 aromatic rings. The molecule has 3 N–H and O–H groups in total. The number of anilines is 2. The van der Waals surface area contributed by atoms with Gasteiger partial charge in [0.1, 0.15) is 17.5 Å². The van der Waals surface area contributed by atoms with E-state index in [4.69, 9.17) is 21.5 Å². The van der Waals surface area contributed by atoms with Gasteiger partial charge in [-0.2, -0.15) is 0 Å². The first-order chi connectivity index (χ1) is 21.0. The maximum Gasteiger partial charge on any atom is 0.308 e. The van der Waals surface area contributed by atoms with Crippen LogP contribution >= 0.6 is 34.7 Å². The Balaban J connectivity index is 1.37. The Bertz CT molecular complexity index is 1960. The van der Waals surface area contributed by atoms with Gasteiger partial charge in [-0.25, -0.2) is 18.5 Å². The van der Waals surface area contributed by atoms with Crippen molar-refractivity contribution in [3.8, 4) is 5.75 Å². The number of hydrogen-bond donors (Lipinski definition) is 2. The molecule has 0 spiro atoms. The van der Waals surface area contributed by atoms with Gasteiger partial charge in [-0.05, 0) is 66.2 Å². The Morgan fingerprint density at radius 2 is 1.64 bits per heavy atom. The molecule has 3 heterocycles. The normalized spacial score (nSPS) is 19.4. The highest BCUT2D eigenvalue weighted by Crippen LogP contribution is 2.54. The van der Waals surface area contributed by atoms with E-state index >= 15 is 0 Å². The second-order valence-electron chi connectivity index (χ2n) is 10.0. The summed E-state index contributed by atoms with van der Waals surface area (Å²) < 4.78 is 29.7. The molecule has 11 nitrogen and oxygen atoms in total. The fourth-order valence-electron chi connectivity index (χ4n) is 5.34. The van der Waals surface area contributed by atoms with Crippen LogP contribution in [0, 0.1) is 5.92 Å². The number of aromatic nitrogens is 1. The van der Waals surface area contributed by atoms with Crippen molar-refractivity contribution in [3.63, 3.8) is 0 Å². The second kappa shape index (κ2) is 11.5. The van der Waals surface area contributed by atoms with Gasteiger partial charge >= 0.3 is 4.87 Å². The number of carbonyl (C=O) groups excluding carboxylic acids is 3. The molecule has 3 amide bonds. The van der Waals surface area contributed by atoms with E-state index in [2.05, 4.69) is 5.32 Å². The lowest BCUT2D eigenvalue weighted by atomic mass is 9.83. The first-order valence-electron chi connectivity index (χ1n) is 13.1. The number of halogens is 1. The van der Waals surface area contributed by atoms with E-state index in [0.29, 0.717) is 37.6 Å². The Hall–Kier alpha value is -3.95. The standard InChI is InChI=1S/C29H23ClN4O7S3/c1-41-19-10-2-15(3-11-19)22-23-24(27(37)34(26(23)36)18-8-4-16(30)5-9-18)42-28-25(22)43-29(38)33(28)14-21(35)32-17-6-12-20(13-7-17)44(31,39)40/h2-13,22-24H,14H2,1H3,(H,32,35)(H2,31,39,40)/t22-,23+,24-/m0/s1. The third-order valence-corrected chi connectivity index (χ3v) is 11.2. The zero-order valence-corrected chi connectivity index (χ0v) is 26.0. The lowest BCUT2D eigenvalue weighted by Crippen LogP contribution is -2.33. The molecule has 1 aromatic heterocycles. The number of ether oxygens (including phenoxy) is 1. The molecule has 0 unspecified atom stereocenters. The number of imide groups is 1. The number of amides is 3. The molecule has 226 valence electrons. The number of benzene rings is 3. The number of thioether (sulfide) groups is 1. The van der Waals surface area contributed by atoms with Gasteiger partial charge in [0.25, 0.3) is 0 Å².